The van der Waals surface area contributed by atoms with Crippen molar-refractivity contribution in [3.8, 4) is 5.75 Å². The average molecular weight is 411 g/mol. The van der Waals surface area contributed by atoms with Crippen molar-refractivity contribution in [2.75, 3.05) is 0 Å². The fourth-order valence-electron chi connectivity index (χ4n) is 6.38. The molecule has 4 heteroatoms. The molecule has 2 aromatic rings. The summed E-state index contributed by atoms with van der Waals surface area (Å²) in [4.78, 5) is 12.5. The summed E-state index contributed by atoms with van der Waals surface area (Å²) in [6.45, 7) is 2.30. The van der Waals surface area contributed by atoms with Gasteiger partial charge in [-0.1, -0.05) is 36.7 Å². The zero-order valence-corrected chi connectivity index (χ0v) is 17.5. The summed E-state index contributed by atoms with van der Waals surface area (Å²) < 4.78 is 5.63. The number of aliphatic hydroxyl groups excluding tert-OH is 1. The molecule has 152 valence electrons. The maximum Gasteiger partial charge on any atom is 0.345 e. The van der Waals surface area contributed by atoms with Crippen molar-refractivity contribution in [3.63, 3.8) is 0 Å². The maximum atomic E-state index is 12.5. The minimum Gasteiger partial charge on any atom is -0.423 e. The van der Waals surface area contributed by atoms with Crippen molar-refractivity contribution in [2.24, 2.45) is 17.3 Å². The predicted molar refractivity (Wildman–Crippen MR) is 113 cm³/mol. The Kier molecular flexibility index (Phi) is 4.71. The molecule has 0 spiro atoms. The molecule has 5 rings (SSSR count). The van der Waals surface area contributed by atoms with E-state index >= 15 is 0 Å². The van der Waals surface area contributed by atoms with Crippen molar-refractivity contribution >= 4 is 17.6 Å². The van der Waals surface area contributed by atoms with Gasteiger partial charge in [-0.3, -0.25) is 0 Å². The zero-order chi connectivity index (χ0) is 20.2. The molecule has 3 aliphatic carbocycles. The Morgan fingerprint density at radius 3 is 2.79 bits per heavy atom. The number of aryl methyl sites for hydroxylation is 1. The SMILES string of the molecule is C[C@]12CC[C@@H]3c4ccc(OC(=O)c5ccccc5Cl)cc4CC[C@H]3[C@@H]1CCC2O. The number of fused-ring (bicyclic) bond motifs is 5. The normalized spacial score (nSPS) is 32.8. The maximum absolute atomic E-state index is 12.5. The summed E-state index contributed by atoms with van der Waals surface area (Å²) in [5, 5.41) is 10.9. The first-order valence-corrected chi connectivity index (χ1v) is 11.1. The van der Waals surface area contributed by atoms with Crippen LogP contribution >= 0.6 is 11.6 Å². The summed E-state index contributed by atoms with van der Waals surface area (Å²) in [7, 11) is 0. The smallest absolute Gasteiger partial charge is 0.345 e. The Labute approximate surface area is 177 Å². The van der Waals surface area contributed by atoms with Crippen LogP contribution in [0.1, 0.15) is 66.4 Å². The molecule has 1 N–H and O–H groups in total. The van der Waals surface area contributed by atoms with Gasteiger partial charge in [-0.05, 0) is 97.1 Å². The Morgan fingerprint density at radius 2 is 1.97 bits per heavy atom. The summed E-state index contributed by atoms with van der Waals surface area (Å²) in [6.07, 6.45) is 6.38. The lowest BCUT2D eigenvalue weighted by atomic mass is 9.55. The van der Waals surface area contributed by atoms with Crippen LogP contribution in [0, 0.1) is 17.3 Å². The van der Waals surface area contributed by atoms with Crippen LogP contribution in [-0.2, 0) is 6.42 Å². The van der Waals surface area contributed by atoms with Crippen LogP contribution in [0.5, 0.6) is 5.75 Å². The van der Waals surface area contributed by atoms with Gasteiger partial charge >= 0.3 is 5.97 Å². The molecule has 2 aromatic carbocycles. The van der Waals surface area contributed by atoms with Crippen LogP contribution in [-0.4, -0.2) is 17.2 Å². The van der Waals surface area contributed by atoms with Crippen LogP contribution in [0.2, 0.25) is 5.02 Å². The molecule has 3 nitrogen and oxygen atoms in total. The highest BCUT2D eigenvalue weighted by atomic mass is 35.5. The van der Waals surface area contributed by atoms with Gasteiger partial charge in [0.1, 0.15) is 5.75 Å². The third-order valence-corrected chi connectivity index (χ3v) is 8.28. The molecular weight excluding hydrogens is 384 g/mol. The van der Waals surface area contributed by atoms with Gasteiger partial charge in [0, 0.05) is 0 Å². The Hall–Kier alpha value is -1.84. The minimum absolute atomic E-state index is 0.100. The number of halogens is 1. The van der Waals surface area contributed by atoms with Gasteiger partial charge in [-0.2, -0.15) is 0 Å². The topological polar surface area (TPSA) is 46.5 Å². The molecule has 2 fully saturated rings. The first-order chi connectivity index (χ1) is 14.0. The second-order valence-electron chi connectivity index (χ2n) is 9.28. The number of hydrogen-bond acceptors (Lipinski definition) is 3. The van der Waals surface area contributed by atoms with Crippen molar-refractivity contribution in [3.05, 3.63) is 64.2 Å². The minimum atomic E-state index is -0.419. The fraction of sp³-hybridized carbons (Fsp3) is 0.480. The Balaban J connectivity index is 1.37. The molecule has 0 heterocycles. The number of ether oxygens (including phenoxy) is 1. The van der Waals surface area contributed by atoms with E-state index in [1.54, 1.807) is 24.3 Å². The molecule has 0 radical (unpaired) electrons. The molecule has 0 aliphatic heterocycles. The fourth-order valence-corrected chi connectivity index (χ4v) is 6.60. The van der Waals surface area contributed by atoms with Crippen molar-refractivity contribution < 1.29 is 14.6 Å². The summed E-state index contributed by atoms with van der Waals surface area (Å²) in [6, 6.07) is 13.1. The monoisotopic (exact) mass is 410 g/mol. The Morgan fingerprint density at radius 1 is 1.14 bits per heavy atom. The highest BCUT2D eigenvalue weighted by Gasteiger charge is 2.54. The van der Waals surface area contributed by atoms with Crippen molar-refractivity contribution in [2.45, 2.75) is 57.5 Å². The summed E-state index contributed by atoms with van der Waals surface area (Å²) in [5.41, 5.74) is 3.21. The highest BCUT2D eigenvalue weighted by molar-refractivity contribution is 6.33. The van der Waals surface area contributed by atoms with Crippen LogP contribution in [0.15, 0.2) is 42.5 Å². The molecule has 0 aromatic heterocycles. The van der Waals surface area contributed by atoms with E-state index in [9.17, 15) is 9.90 Å². The quantitative estimate of drug-likeness (QED) is 0.504. The standard InChI is InChI=1S/C25H27ClO3/c1-25-13-12-18-17-9-7-16(29-24(28)20-4-2-3-5-22(20)26)14-15(17)6-8-19(18)21(25)10-11-23(25)27/h2-5,7,9,14,18-19,21,23,27H,6,8,10-13H2,1H3/t18-,19-,21+,23?,25+/m1/s1. The largest absolute Gasteiger partial charge is 0.423 e. The molecule has 1 unspecified atom stereocenters. The molecule has 5 atom stereocenters. The molecule has 29 heavy (non-hydrogen) atoms. The Bertz CT molecular complexity index is 955. The number of rotatable bonds is 2. The molecule has 0 saturated heterocycles. The van der Waals surface area contributed by atoms with E-state index in [0.717, 1.165) is 38.5 Å². The molecular formula is C25H27ClO3. The molecule has 0 bridgehead atoms. The van der Waals surface area contributed by atoms with Crippen LogP contribution < -0.4 is 4.74 Å². The molecule has 2 saturated carbocycles. The van der Waals surface area contributed by atoms with E-state index in [1.807, 2.05) is 12.1 Å². The second-order valence-corrected chi connectivity index (χ2v) is 9.69. The number of aliphatic hydroxyl groups is 1. The van der Waals surface area contributed by atoms with E-state index in [0.29, 0.717) is 34.1 Å². The summed E-state index contributed by atoms with van der Waals surface area (Å²) >= 11 is 6.12. The third kappa shape index (κ3) is 3.10. The van der Waals surface area contributed by atoms with Gasteiger partial charge in [-0.25, -0.2) is 4.79 Å². The number of carbonyl (C=O) groups is 1. The number of carbonyl (C=O) groups excluding carboxylic acids is 1. The number of hydrogen-bond donors (Lipinski definition) is 1. The predicted octanol–water partition coefficient (Wildman–Crippen LogP) is 5.78. The lowest BCUT2D eigenvalue weighted by Gasteiger charge is -2.50. The first-order valence-electron chi connectivity index (χ1n) is 10.7. The van der Waals surface area contributed by atoms with Gasteiger partial charge in [-0.15, -0.1) is 0 Å². The van der Waals surface area contributed by atoms with Crippen molar-refractivity contribution in [1.82, 2.24) is 0 Å². The van der Waals surface area contributed by atoms with Crippen molar-refractivity contribution in [1.29, 1.82) is 0 Å². The number of esters is 1. The van der Waals surface area contributed by atoms with Gasteiger partial charge in [0.15, 0.2) is 0 Å². The lowest BCUT2D eigenvalue weighted by Crippen LogP contribution is -2.43. The van der Waals surface area contributed by atoms with Crippen LogP contribution in [0.4, 0.5) is 0 Å². The van der Waals surface area contributed by atoms with Gasteiger partial charge < -0.3 is 9.84 Å². The van der Waals surface area contributed by atoms with E-state index in [2.05, 4.69) is 13.0 Å². The third-order valence-electron chi connectivity index (χ3n) is 7.95. The van der Waals surface area contributed by atoms with Gasteiger partial charge in [0.2, 0.25) is 0 Å². The summed E-state index contributed by atoms with van der Waals surface area (Å²) in [5.74, 6) is 2.02. The van der Waals surface area contributed by atoms with Gasteiger partial charge in [0.05, 0.1) is 16.7 Å². The number of benzene rings is 2. The molecule has 0 amide bonds. The zero-order valence-electron chi connectivity index (χ0n) is 16.7. The van der Waals surface area contributed by atoms with Crippen LogP contribution in [0.25, 0.3) is 0 Å². The van der Waals surface area contributed by atoms with E-state index < -0.39 is 5.97 Å². The second kappa shape index (κ2) is 7.14. The van der Waals surface area contributed by atoms with E-state index in [4.69, 9.17) is 16.3 Å². The average Bonchev–Trinajstić information content (AvgIpc) is 3.02. The van der Waals surface area contributed by atoms with Gasteiger partial charge in [0.25, 0.3) is 0 Å². The highest BCUT2D eigenvalue weighted by Crippen LogP contribution is 2.60. The lowest BCUT2D eigenvalue weighted by molar-refractivity contribution is -0.0226. The van der Waals surface area contributed by atoms with Crippen LogP contribution in [0.3, 0.4) is 0 Å². The molecule has 3 aliphatic rings. The first kappa shape index (κ1) is 19.1. The van der Waals surface area contributed by atoms with E-state index in [-0.39, 0.29) is 11.5 Å². The van der Waals surface area contributed by atoms with E-state index in [1.165, 1.54) is 11.1 Å².